The SMILES string of the molecule is CNC(=O)[C@H]1Cn2ccnc2C2(CCN(C(=O)NC(C)C)CC2)O1. The number of imidazole rings is 1. The van der Waals surface area contributed by atoms with Crippen LogP contribution in [-0.4, -0.2) is 58.7 Å². The molecule has 8 nitrogen and oxygen atoms in total. The lowest BCUT2D eigenvalue weighted by Crippen LogP contribution is -2.56. The molecule has 1 aromatic rings. The molecule has 0 aliphatic carbocycles. The summed E-state index contributed by atoms with van der Waals surface area (Å²) in [5.41, 5.74) is -0.604. The highest BCUT2D eigenvalue weighted by atomic mass is 16.5. The summed E-state index contributed by atoms with van der Waals surface area (Å²) in [6, 6.07) is 0.0534. The van der Waals surface area contributed by atoms with Crippen molar-refractivity contribution >= 4 is 11.9 Å². The Morgan fingerprint density at radius 2 is 2.08 bits per heavy atom. The van der Waals surface area contributed by atoms with Gasteiger partial charge < -0.3 is 24.8 Å². The number of likely N-dealkylation sites (N-methyl/N-ethyl adjacent to an activating group) is 1. The van der Waals surface area contributed by atoms with Crippen molar-refractivity contribution in [3.05, 3.63) is 18.2 Å². The molecule has 0 saturated carbocycles. The van der Waals surface area contributed by atoms with Gasteiger partial charge in [-0.15, -0.1) is 0 Å². The van der Waals surface area contributed by atoms with Gasteiger partial charge >= 0.3 is 6.03 Å². The Hall–Kier alpha value is -2.09. The Bertz CT molecular complexity index is 619. The second kappa shape index (κ2) is 6.43. The summed E-state index contributed by atoms with van der Waals surface area (Å²) in [6.45, 7) is 5.50. The van der Waals surface area contributed by atoms with Crippen LogP contribution >= 0.6 is 0 Å². The zero-order valence-corrected chi connectivity index (χ0v) is 14.4. The molecule has 0 radical (unpaired) electrons. The van der Waals surface area contributed by atoms with Crippen LogP contribution in [0.4, 0.5) is 4.79 Å². The smallest absolute Gasteiger partial charge is 0.317 e. The minimum atomic E-state index is -0.604. The lowest BCUT2D eigenvalue weighted by atomic mass is 9.88. The van der Waals surface area contributed by atoms with Crippen molar-refractivity contribution in [2.24, 2.45) is 0 Å². The van der Waals surface area contributed by atoms with E-state index in [9.17, 15) is 9.59 Å². The van der Waals surface area contributed by atoms with Crippen LogP contribution in [0, 0.1) is 0 Å². The van der Waals surface area contributed by atoms with Crippen molar-refractivity contribution in [3.8, 4) is 0 Å². The van der Waals surface area contributed by atoms with Gasteiger partial charge in [0.25, 0.3) is 5.91 Å². The molecule has 3 rings (SSSR count). The first-order chi connectivity index (χ1) is 11.4. The van der Waals surface area contributed by atoms with Gasteiger partial charge in [0.05, 0.1) is 6.54 Å². The number of aromatic nitrogens is 2. The molecule has 0 unspecified atom stereocenters. The Balaban J connectivity index is 1.76. The molecule has 3 heterocycles. The predicted molar refractivity (Wildman–Crippen MR) is 87.3 cm³/mol. The number of carbonyl (C=O) groups excluding carboxylic acids is 2. The zero-order chi connectivity index (χ0) is 17.3. The van der Waals surface area contributed by atoms with Crippen LogP contribution < -0.4 is 10.6 Å². The largest absolute Gasteiger partial charge is 0.357 e. The van der Waals surface area contributed by atoms with Crippen molar-refractivity contribution in [1.82, 2.24) is 25.1 Å². The second-order valence-corrected chi connectivity index (χ2v) is 6.71. The van der Waals surface area contributed by atoms with Crippen molar-refractivity contribution in [1.29, 1.82) is 0 Å². The van der Waals surface area contributed by atoms with Gasteiger partial charge in [0, 0.05) is 51.4 Å². The topological polar surface area (TPSA) is 88.5 Å². The fraction of sp³-hybridized carbons (Fsp3) is 0.688. The lowest BCUT2D eigenvalue weighted by Gasteiger charge is -2.45. The van der Waals surface area contributed by atoms with Crippen molar-refractivity contribution < 1.29 is 14.3 Å². The summed E-state index contributed by atoms with van der Waals surface area (Å²) in [5.74, 6) is 0.722. The monoisotopic (exact) mass is 335 g/mol. The van der Waals surface area contributed by atoms with Crippen LogP contribution in [-0.2, 0) is 21.7 Å². The summed E-state index contributed by atoms with van der Waals surface area (Å²) >= 11 is 0. The Morgan fingerprint density at radius 1 is 1.38 bits per heavy atom. The summed E-state index contributed by atoms with van der Waals surface area (Å²) in [6.07, 6.45) is 4.34. The third kappa shape index (κ3) is 2.98. The molecule has 1 aromatic heterocycles. The van der Waals surface area contributed by atoms with Gasteiger partial charge in [-0.05, 0) is 13.8 Å². The number of fused-ring (bicyclic) bond motifs is 2. The van der Waals surface area contributed by atoms with Gasteiger partial charge in [0.2, 0.25) is 0 Å². The Morgan fingerprint density at radius 3 is 2.71 bits per heavy atom. The van der Waals surface area contributed by atoms with E-state index in [0.717, 1.165) is 5.82 Å². The van der Waals surface area contributed by atoms with E-state index < -0.39 is 11.7 Å². The average molecular weight is 335 g/mol. The van der Waals surface area contributed by atoms with Crippen LogP contribution in [0.1, 0.15) is 32.5 Å². The molecular weight excluding hydrogens is 310 g/mol. The van der Waals surface area contributed by atoms with Gasteiger partial charge in [-0.2, -0.15) is 0 Å². The van der Waals surface area contributed by atoms with Crippen molar-refractivity contribution in [2.45, 2.75) is 51.0 Å². The van der Waals surface area contributed by atoms with E-state index in [0.29, 0.717) is 32.5 Å². The number of nitrogens with one attached hydrogen (secondary N) is 2. The molecule has 2 aliphatic rings. The number of piperidine rings is 1. The number of amides is 3. The number of rotatable bonds is 2. The Labute approximate surface area is 141 Å². The van der Waals surface area contributed by atoms with E-state index in [1.807, 2.05) is 24.6 Å². The molecule has 2 N–H and O–H groups in total. The summed E-state index contributed by atoms with van der Waals surface area (Å²) < 4.78 is 8.20. The minimum Gasteiger partial charge on any atom is -0.357 e. The number of hydrogen-bond donors (Lipinski definition) is 2. The maximum atomic E-state index is 12.2. The maximum Gasteiger partial charge on any atom is 0.317 e. The molecule has 3 amide bonds. The molecule has 24 heavy (non-hydrogen) atoms. The fourth-order valence-electron chi connectivity index (χ4n) is 3.44. The molecular formula is C16H25N5O3. The first-order valence-electron chi connectivity index (χ1n) is 8.41. The number of nitrogens with zero attached hydrogens (tertiary/aromatic N) is 3. The first-order valence-corrected chi connectivity index (χ1v) is 8.41. The fourth-order valence-corrected chi connectivity index (χ4v) is 3.44. The van der Waals surface area contributed by atoms with E-state index in [1.54, 1.807) is 18.1 Å². The van der Waals surface area contributed by atoms with E-state index >= 15 is 0 Å². The van der Waals surface area contributed by atoms with E-state index in [4.69, 9.17) is 4.74 Å². The minimum absolute atomic E-state index is 0.0538. The van der Waals surface area contributed by atoms with Crippen LogP contribution in [0.25, 0.3) is 0 Å². The van der Waals surface area contributed by atoms with Gasteiger partial charge in [-0.1, -0.05) is 0 Å². The average Bonchev–Trinajstić information content (AvgIpc) is 3.03. The number of carbonyl (C=O) groups is 2. The van der Waals surface area contributed by atoms with Crippen molar-refractivity contribution in [3.63, 3.8) is 0 Å². The maximum absolute atomic E-state index is 12.2. The van der Waals surface area contributed by atoms with E-state index in [1.165, 1.54) is 0 Å². The predicted octanol–water partition coefficient (Wildman–Crippen LogP) is 0.437. The number of urea groups is 1. The van der Waals surface area contributed by atoms with Crippen LogP contribution in [0.15, 0.2) is 12.4 Å². The van der Waals surface area contributed by atoms with Crippen LogP contribution in [0.3, 0.4) is 0 Å². The van der Waals surface area contributed by atoms with Crippen molar-refractivity contribution in [2.75, 3.05) is 20.1 Å². The second-order valence-electron chi connectivity index (χ2n) is 6.71. The van der Waals surface area contributed by atoms with Gasteiger partial charge in [-0.25, -0.2) is 9.78 Å². The number of hydrogen-bond acceptors (Lipinski definition) is 4. The summed E-state index contributed by atoms with van der Waals surface area (Å²) in [4.78, 5) is 30.5. The lowest BCUT2D eigenvalue weighted by molar-refractivity contribution is -0.171. The van der Waals surface area contributed by atoms with E-state index in [2.05, 4.69) is 15.6 Å². The molecule has 1 saturated heterocycles. The molecule has 0 aromatic carbocycles. The first kappa shape index (κ1) is 16.8. The van der Waals surface area contributed by atoms with Crippen LogP contribution in [0.2, 0.25) is 0 Å². The third-order valence-corrected chi connectivity index (χ3v) is 4.66. The summed E-state index contributed by atoms with van der Waals surface area (Å²) in [7, 11) is 1.61. The highest BCUT2D eigenvalue weighted by Gasteiger charge is 2.47. The highest BCUT2D eigenvalue weighted by molar-refractivity contribution is 5.80. The molecule has 132 valence electrons. The molecule has 2 aliphatic heterocycles. The quantitative estimate of drug-likeness (QED) is 0.821. The third-order valence-electron chi connectivity index (χ3n) is 4.66. The molecule has 1 fully saturated rings. The molecule has 0 bridgehead atoms. The molecule has 1 atom stereocenters. The Kier molecular flexibility index (Phi) is 4.49. The highest BCUT2D eigenvalue weighted by Crippen LogP contribution is 2.40. The number of likely N-dealkylation sites (tertiary alicyclic amines) is 1. The van der Waals surface area contributed by atoms with Gasteiger partial charge in [-0.3, -0.25) is 4.79 Å². The van der Waals surface area contributed by atoms with Gasteiger partial charge in [0.1, 0.15) is 11.4 Å². The van der Waals surface area contributed by atoms with Gasteiger partial charge in [0.15, 0.2) is 6.10 Å². The zero-order valence-electron chi connectivity index (χ0n) is 14.4. The molecule has 8 heteroatoms. The standard InChI is InChI=1S/C16H25N5O3/c1-11(2)19-15(23)20-7-4-16(5-8-20)14-18-6-9-21(14)10-12(24-16)13(22)17-3/h6,9,11-12H,4-5,7-8,10H2,1-3H3,(H,17,22)(H,19,23)/t12-/m1/s1. The number of ether oxygens (including phenoxy) is 1. The summed E-state index contributed by atoms with van der Waals surface area (Å²) in [5, 5.41) is 5.57. The molecule has 1 spiro atoms. The van der Waals surface area contributed by atoms with Crippen LogP contribution in [0.5, 0.6) is 0 Å². The normalized spacial score (nSPS) is 22.3. The van der Waals surface area contributed by atoms with E-state index in [-0.39, 0.29) is 18.0 Å².